The van der Waals surface area contributed by atoms with Gasteiger partial charge < -0.3 is 24.5 Å². The summed E-state index contributed by atoms with van der Waals surface area (Å²) in [4.78, 5) is 49.0. The number of benzene rings is 2. The Morgan fingerprint density at radius 1 is 1.07 bits per heavy atom. The Balaban J connectivity index is 1.46. The number of rotatable bonds is 13. The molecule has 0 radical (unpaired) electrons. The van der Waals surface area contributed by atoms with Gasteiger partial charge in [-0.05, 0) is 43.9 Å². The summed E-state index contributed by atoms with van der Waals surface area (Å²) >= 11 is 0. The van der Waals surface area contributed by atoms with Gasteiger partial charge in [0.2, 0.25) is 17.7 Å². The van der Waals surface area contributed by atoms with Crippen LogP contribution in [-0.4, -0.2) is 96.0 Å². The van der Waals surface area contributed by atoms with Crippen molar-refractivity contribution in [2.24, 2.45) is 11.8 Å². The maximum Gasteiger partial charge on any atom is 0.250 e. The van der Waals surface area contributed by atoms with Crippen molar-refractivity contribution >= 4 is 28.8 Å². The fourth-order valence-electron chi connectivity index (χ4n) is 8.03. The highest BCUT2D eigenvalue weighted by molar-refractivity contribution is 5.99. The number of carbonyl (C=O) groups is 3. The van der Waals surface area contributed by atoms with E-state index in [0.29, 0.717) is 37.0 Å². The molecule has 3 aliphatic rings. The first-order valence-electron chi connectivity index (χ1n) is 16.0. The first kappa shape index (κ1) is 31.6. The van der Waals surface area contributed by atoms with E-state index in [-0.39, 0.29) is 30.9 Å². The average Bonchev–Trinajstić information content (AvgIpc) is 3.77. The largest absolute Gasteiger partial charge is 0.394 e. The maximum absolute atomic E-state index is 15.0. The lowest BCUT2D eigenvalue weighted by atomic mass is 9.66. The number of aliphatic hydroxyl groups is 1. The van der Waals surface area contributed by atoms with Gasteiger partial charge in [-0.15, -0.1) is 18.3 Å². The summed E-state index contributed by atoms with van der Waals surface area (Å²) < 4.78 is 8.53. The van der Waals surface area contributed by atoms with Crippen LogP contribution >= 0.6 is 0 Å². The molecule has 2 aromatic carbocycles. The van der Waals surface area contributed by atoms with Gasteiger partial charge in [0.15, 0.2) is 0 Å². The van der Waals surface area contributed by atoms with E-state index in [0.717, 1.165) is 11.9 Å². The molecule has 2 bridgehead atoms. The van der Waals surface area contributed by atoms with Crippen molar-refractivity contribution in [3.05, 3.63) is 85.5 Å². The molecular formula is C35H42N6O5. The number of aliphatic hydroxyl groups excluding tert-OH is 1. The maximum atomic E-state index is 15.0. The number of amides is 3. The van der Waals surface area contributed by atoms with Crippen LogP contribution in [0.1, 0.15) is 44.7 Å². The second kappa shape index (κ2) is 12.4. The molecule has 6 atom stereocenters. The molecule has 2 unspecified atom stereocenters. The van der Waals surface area contributed by atoms with Crippen molar-refractivity contribution in [2.45, 2.75) is 63.1 Å². The van der Waals surface area contributed by atoms with E-state index in [1.54, 1.807) is 26.6 Å². The Hall–Kier alpha value is -4.35. The summed E-state index contributed by atoms with van der Waals surface area (Å²) in [7, 11) is 0. The molecule has 11 nitrogen and oxygen atoms in total. The van der Waals surface area contributed by atoms with Crippen LogP contribution in [-0.2, 0) is 25.8 Å². The summed E-state index contributed by atoms with van der Waals surface area (Å²) in [6.07, 6.45) is 5.00. The first-order chi connectivity index (χ1) is 22.2. The standard InChI is InChI=1S/C35H42N6O5/c1-5-19-38(20-6-2)31(43)28-29-32(44)41(27(22-42)24-13-9-8-10-14-24)30(35(29)18-17-34(28,4)46-35)33(45)39(21-7-3)23-40-26-16-12-11-15-25(26)36-37-40/h5,7-16,27-30,42H,1,3,6,17-23H2,2,4H3/t27-,28-,29+,30?,34+,35?/m1/s1. The number of likely N-dealkylation sites (tertiary alicyclic amines) is 1. The van der Waals surface area contributed by atoms with Gasteiger partial charge in [0.25, 0.3) is 0 Å². The number of ether oxygens (including phenoxy) is 1. The molecule has 11 heteroatoms. The third-order valence-corrected chi connectivity index (χ3v) is 9.95. The summed E-state index contributed by atoms with van der Waals surface area (Å²) in [5.41, 5.74) is -0.0548. The SMILES string of the molecule is C=CCN(Cn1nnc2ccccc21)C(=O)C1N([C@H](CO)c2ccccc2)C(=O)[C@@H]2[C@H](C(=O)N(CC=C)CCC)[C@]3(C)CCC12O3. The molecular weight excluding hydrogens is 584 g/mol. The summed E-state index contributed by atoms with van der Waals surface area (Å²) in [6.45, 7) is 12.3. The van der Waals surface area contributed by atoms with E-state index in [2.05, 4.69) is 23.5 Å². The highest BCUT2D eigenvalue weighted by Crippen LogP contribution is 2.64. The molecule has 1 N–H and O–H groups in total. The number of para-hydroxylation sites is 1. The van der Waals surface area contributed by atoms with Gasteiger partial charge in [-0.1, -0.05) is 66.8 Å². The second-order valence-electron chi connectivity index (χ2n) is 12.7. The number of hydrogen-bond donors (Lipinski definition) is 1. The van der Waals surface area contributed by atoms with Gasteiger partial charge in [0.05, 0.1) is 35.6 Å². The molecule has 6 rings (SSSR count). The zero-order chi connectivity index (χ0) is 32.6. The Labute approximate surface area is 269 Å². The molecule has 3 saturated heterocycles. The smallest absolute Gasteiger partial charge is 0.250 e. The third-order valence-electron chi connectivity index (χ3n) is 9.95. The second-order valence-corrected chi connectivity index (χ2v) is 12.7. The summed E-state index contributed by atoms with van der Waals surface area (Å²) in [5.74, 6) is -2.58. The molecule has 0 saturated carbocycles. The van der Waals surface area contributed by atoms with Gasteiger partial charge in [-0.25, -0.2) is 4.68 Å². The summed E-state index contributed by atoms with van der Waals surface area (Å²) in [5, 5.41) is 19.4. The van der Waals surface area contributed by atoms with Crippen LogP contribution in [0.2, 0.25) is 0 Å². The summed E-state index contributed by atoms with van der Waals surface area (Å²) in [6, 6.07) is 14.7. The lowest BCUT2D eigenvalue weighted by Crippen LogP contribution is -2.57. The van der Waals surface area contributed by atoms with E-state index in [1.807, 2.05) is 68.4 Å². The molecule has 3 fully saturated rings. The van der Waals surface area contributed by atoms with E-state index in [1.165, 1.54) is 4.90 Å². The van der Waals surface area contributed by atoms with Crippen LogP contribution in [0.15, 0.2) is 79.9 Å². The fourth-order valence-corrected chi connectivity index (χ4v) is 8.03. The predicted octanol–water partition coefficient (Wildman–Crippen LogP) is 3.33. The molecule has 1 spiro atoms. The fraction of sp³-hybridized carbons (Fsp3) is 0.457. The van der Waals surface area contributed by atoms with E-state index in [4.69, 9.17) is 4.74 Å². The van der Waals surface area contributed by atoms with Crippen molar-refractivity contribution < 1.29 is 24.2 Å². The van der Waals surface area contributed by atoms with E-state index >= 15 is 4.79 Å². The Morgan fingerprint density at radius 3 is 2.46 bits per heavy atom. The van der Waals surface area contributed by atoms with Crippen LogP contribution in [0.25, 0.3) is 11.0 Å². The molecule has 242 valence electrons. The van der Waals surface area contributed by atoms with E-state index in [9.17, 15) is 14.7 Å². The number of nitrogens with zero attached hydrogens (tertiary/aromatic N) is 6. The van der Waals surface area contributed by atoms with Gasteiger partial charge in [0, 0.05) is 19.6 Å². The van der Waals surface area contributed by atoms with Gasteiger partial charge in [0.1, 0.15) is 23.8 Å². The van der Waals surface area contributed by atoms with Crippen LogP contribution in [0, 0.1) is 11.8 Å². The molecule has 0 aliphatic carbocycles. The van der Waals surface area contributed by atoms with Crippen LogP contribution in [0.4, 0.5) is 0 Å². The average molecular weight is 627 g/mol. The van der Waals surface area contributed by atoms with Crippen molar-refractivity contribution in [3.63, 3.8) is 0 Å². The molecule has 3 aromatic rings. The first-order valence-corrected chi connectivity index (χ1v) is 16.0. The highest BCUT2D eigenvalue weighted by atomic mass is 16.5. The normalized spacial score (nSPS) is 27.1. The molecule has 1 aromatic heterocycles. The van der Waals surface area contributed by atoms with Crippen molar-refractivity contribution in [1.29, 1.82) is 0 Å². The van der Waals surface area contributed by atoms with E-state index < -0.39 is 41.7 Å². The molecule has 46 heavy (non-hydrogen) atoms. The lowest BCUT2D eigenvalue weighted by molar-refractivity contribution is -0.157. The van der Waals surface area contributed by atoms with Crippen LogP contribution < -0.4 is 0 Å². The van der Waals surface area contributed by atoms with Crippen molar-refractivity contribution in [2.75, 3.05) is 26.2 Å². The van der Waals surface area contributed by atoms with Gasteiger partial charge >= 0.3 is 0 Å². The van der Waals surface area contributed by atoms with Crippen molar-refractivity contribution in [3.8, 4) is 0 Å². The Morgan fingerprint density at radius 2 is 1.76 bits per heavy atom. The van der Waals surface area contributed by atoms with Crippen LogP contribution in [0.3, 0.4) is 0 Å². The number of hydrogen-bond acceptors (Lipinski definition) is 7. The van der Waals surface area contributed by atoms with Gasteiger partial charge in [-0.2, -0.15) is 0 Å². The molecule has 4 heterocycles. The van der Waals surface area contributed by atoms with Crippen LogP contribution in [0.5, 0.6) is 0 Å². The minimum absolute atomic E-state index is 0.0585. The predicted molar refractivity (Wildman–Crippen MR) is 172 cm³/mol. The topological polar surface area (TPSA) is 121 Å². The number of fused-ring (bicyclic) bond motifs is 2. The van der Waals surface area contributed by atoms with Crippen molar-refractivity contribution in [1.82, 2.24) is 29.7 Å². The Kier molecular flexibility index (Phi) is 8.56. The molecule has 3 amide bonds. The lowest BCUT2D eigenvalue weighted by Gasteiger charge is -2.39. The Bertz CT molecular complexity index is 1640. The highest BCUT2D eigenvalue weighted by Gasteiger charge is 2.79. The minimum Gasteiger partial charge on any atom is -0.394 e. The zero-order valence-electron chi connectivity index (χ0n) is 26.5. The quantitative estimate of drug-likeness (QED) is 0.289. The monoisotopic (exact) mass is 626 g/mol. The third kappa shape index (κ3) is 4.93. The minimum atomic E-state index is -1.26. The van der Waals surface area contributed by atoms with Gasteiger partial charge in [-0.3, -0.25) is 14.4 Å². The number of aromatic nitrogens is 3. The zero-order valence-corrected chi connectivity index (χ0v) is 26.5. The molecule has 3 aliphatic heterocycles. The number of carbonyl (C=O) groups excluding carboxylic acids is 3.